The first kappa shape index (κ1) is 12.1. The molecule has 0 fully saturated rings. The molecule has 1 rings (SSSR count). The summed E-state index contributed by atoms with van der Waals surface area (Å²) < 4.78 is 0. The summed E-state index contributed by atoms with van der Waals surface area (Å²) in [6.45, 7) is 8.91. The van der Waals surface area contributed by atoms with Crippen molar-refractivity contribution in [2.24, 2.45) is 0 Å². The Morgan fingerprint density at radius 3 is 2.47 bits per heavy atom. The summed E-state index contributed by atoms with van der Waals surface area (Å²) in [5, 5.41) is 0. The summed E-state index contributed by atoms with van der Waals surface area (Å²) in [4.78, 5) is 2.46. The van der Waals surface area contributed by atoms with E-state index >= 15 is 0 Å². The molecule has 0 amide bonds. The van der Waals surface area contributed by atoms with E-state index in [-0.39, 0.29) is 0 Å². The first-order chi connectivity index (χ1) is 7.17. The highest BCUT2D eigenvalue weighted by Gasteiger charge is 2.10. The molecule has 0 spiro atoms. The van der Waals surface area contributed by atoms with Crippen LogP contribution in [0.1, 0.15) is 26.3 Å². The third kappa shape index (κ3) is 3.56. The van der Waals surface area contributed by atoms with E-state index in [1.807, 2.05) is 12.1 Å². The molecule has 0 saturated heterocycles. The number of benzene rings is 1. The van der Waals surface area contributed by atoms with Gasteiger partial charge >= 0.3 is 0 Å². The van der Waals surface area contributed by atoms with Crippen LogP contribution in [-0.4, -0.2) is 24.0 Å². The third-order valence-corrected chi connectivity index (χ3v) is 2.92. The molecule has 15 heavy (non-hydrogen) atoms. The lowest BCUT2D eigenvalue weighted by molar-refractivity contribution is 0.230. The van der Waals surface area contributed by atoms with Gasteiger partial charge in [0, 0.05) is 11.7 Å². The first-order valence-electron chi connectivity index (χ1n) is 5.75. The van der Waals surface area contributed by atoms with Gasteiger partial charge in [-0.05, 0) is 44.1 Å². The van der Waals surface area contributed by atoms with Crippen LogP contribution in [0.15, 0.2) is 24.3 Å². The van der Waals surface area contributed by atoms with Crippen LogP contribution in [-0.2, 0) is 6.42 Å². The van der Waals surface area contributed by atoms with Gasteiger partial charge in [0.25, 0.3) is 0 Å². The molecule has 2 N–H and O–H groups in total. The van der Waals surface area contributed by atoms with Gasteiger partial charge in [-0.1, -0.05) is 26.0 Å². The number of anilines is 1. The Bertz CT molecular complexity index is 292. The Labute approximate surface area is 93.1 Å². The topological polar surface area (TPSA) is 29.3 Å². The predicted molar refractivity (Wildman–Crippen MR) is 66.9 cm³/mol. The number of nitrogen functional groups attached to an aromatic ring is 1. The van der Waals surface area contributed by atoms with Gasteiger partial charge in [0.1, 0.15) is 0 Å². The molecule has 1 aromatic rings. The van der Waals surface area contributed by atoms with Gasteiger partial charge in [-0.2, -0.15) is 0 Å². The Kier molecular flexibility index (Phi) is 4.63. The Morgan fingerprint density at radius 2 is 1.93 bits per heavy atom. The monoisotopic (exact) mass is 206 g/mol. The van der Waals surface area contributed by atoms with Gasteiger partial charge in [-0.25, -0.2) is 0 Å². The van der Waals surface area contributed by atoms with Crippen molar-refractivity contribution in [2.45, 2.75) is 33.2 Å². The molecule has 84 valence electrons. The lowest BCUT2D eigenvalue weighted by atomic mass is 10.1. The fourth-order valence-electron chi connectivity index (χ4n) is 2.04. The maximum absolute atomic E-state index is 5.76. The second kappa shape index (κ2) is 5.76. The Morgan fingerprint density at radius 1 is 1.27 bits per heavy atom. The van der Waals surface area contributed by atoms with Crippen molar-refractivity contribution in [2.75, 3.05) is 18.8 Å². The van der Waals surface area contributed by atoms with Crippen LogP contribution >= 0.6 is 0 Å². The zero-order valence-corrected chi connectivity index (χ0v) is 10.0. The van der Waals surface area contributed by atoms with Crippen LogP contribution in [0.3, 0.4) is 0 Å². The molecule has 0 heterocycles. The van der Waals surface area contributed by atoms with E-state index in [9.17, 15) is 0 Å². The van der Waals surface area contributed by atoms with E-state index in [4.69, 9.17) is 5.73 Å². The van der Waals surface area contributed by atoms with Crippen molar-refractivity contribution in [3.05, 3.63) is 29.8 Å². The molecule has 2 nitrogen and oxygen atoms in total. The molecule has 0 radical (unpaired) electrons. The van der Waals surface area contributed by atoms with Crippen LogP contribution in [0.25, 0.3) is 0 Å². The summed E-state index contributed by atoms with van der Waals surface area (Å²) in [6, 6.07) is 8.77. The maximum Gasteiger partial charge on any atom is 0.0316 e. The molecule has 0 aliphatic carbocycles. The van der Waals surface area contributed by atoms with Gasteiger partial charge in [0.15, 0.2) is 0 Å². The van der Waals surface area contributed by atoms with E-state index in [1.165, 1.54) is 5.56 Å². The number of nitrogens with two attached hydrogens (primary N) is 1. The van der Waals surface area contributed by atoms with Crippen LogP contribution < -0.4 is 5.73 Å². The van der Waals surface area contributed by atoms with Crippen molar-refractivity contribution in [3.8, 4) is 0 Å². The highest BCUT2D eigenvalue weighted by molar-refractivity contribution is 5.40. The molecule has 1 unspecified atom stereocenters. The molecule has 0 aromatic heterocycles. The standard InChI is InChI=1S/C13H22N2/c1-4-15(5-2)11(3)9-12-7-6-8-13(14)10-12/h6-8,10-11H,4-5,9,14H2,1-3H3. The minimum Gasteiger partial charge on any atom is -0.399 e. The predicted octanol–water partition coefficient (Wildman–Crippen LogP) is 2.54. The van der Waals surface area contributed by atoms with Crippen LogP contribution in [0.2, 0.25) is 0 Å². The lowest BCUT2D eigenvalue weighted by Gasteiger charge is -2.26. The molecule has 2 heteroatoms. The summed E-state index contributed by atoms with van der Waals surface area (Å²) in [5.74, 6) is 0. The molecule has 0 aliphatic rings. The molecular weight excluding hydrogens is 184 g/mol. The largest absolute Gasteiger partial charge is 0.399 e. The number of nitrogens with zero attached hydrogens (tertiary/aromatic N) is 1. The van der Waals surface area contributed by atoms with Gasteiger partial charge in [-0.3, -0.25) is 0 Å². The minimum absolute atomic E-state index is 0.585. The quantitative estimate of drug-likeness (QED) is 0.750. The number of hydrogen-bond acceptors (Lipinski definition) is 2. The number of likely N-dealkylation sites (N-methyl/N-ethyl adjacent to an activating group) is 1. The van der Waals surface area contributed by atoms with E-state index in [0.29, 0.717) is 6.04 Å². The van der Waals surface area contributed by atoms with Crippen molar-refractivity contribution in [3.63, 3.8) is 0 Å². The Balaban J connectivity index is 2.61. The molecule has 0 aliphatic heterocycles. The SMILES string of the molecule is CCN(CC)C(C)Cc1cccc(N)c1. The fraction of sp³-hybridized carbons (Fsp3) is 0.538. The fourth-order valence-corrected chi connectivity index (χ4v) is 2.04. The molecule has 0 saturated carbocycles. The number of rotatable bonds is 5. The smallest absolute Gasteiger partial charge is 0.0316 e. The maximum atomic E-state index is 5.76. The average Bonchev–Trinajstić information content (AvgIpc) is 2.19. The highest BCUT2D eigenvalue weighted by Crippen LogP contribution is 2.11. The van der Waals surface area contributed by atoms with Gasteiger partial charge in [-0.15, -0.1) is 0 Å². The molecular formula is C13H22N2. The molecule has 1 atom stereocenters. The second-order valence-corrected chi connectivity index (χ2v) is 4.02. The van der Waals surface area contributed by atoms with Crippen molar-refractivity contribution in [1.29, 1.82) is 0 Å². The van der Waals surface area contributed by atoms with Crippen LogP contribution in [0.4, 0.5) is 5.69 Å². The molecule has 1 aromatic carbocycles. The summed E-state index contributed by atoms with van der Waals surface area (Å²) >= 11 is 0. The van der Waals surface area contributed by atoms with E-state index in [0.717, 1.165) is 25.2 Å². The summed E-state index contributed by atoms with van der Waals surface area (Å²) in [7, 11) is 0. The van der Waals surface area contributed by atoms with Crippen molar-refractivity contribution < 1.29 is 0 Å². The summed E-state index contributed by atoms with van der Waals surface area (Å²) in [6.07, 6.45) is 1.08. The lowest BCUT2D eigenvalue weighted by Crippen LogP contribution is -2.34. The van der Waals surface area contributed by atoms with Crippen molar-refractivity contribution in [1.82, 2.24) is 4.90 Å². The zero-order valence-electron chi connectivity index (χ0n) is 10.0. The van der Waals surface area contributed by atoms with Gasteiger partial charge in [0.05, 0.1) is 0 Å². The zero-order chi connectivity index (χ0) is 11.3. The van der Waals surface area contributed by atoms with Crippen LogP contribution in [0.5, 0.6) is 0 Å². The normalized spacial score (nSPS) is 13.1. The highest BCUT2D eigenvalue weighted by atomic mass is 15.1. The Hall–Kier alpha value is -1.02. The van der Waals surface area contributed by atoms with Crippen LogP contribution in [0, 0.1) is 0 Å². The third-order valence-electron chi connectivity index (χ3n) is 2.92. The minimum atomic E-state index is 0.585. The van der Waals surface area contributed by atoms with E-state index in [2.05, 4.69) is 37.8 Å². The van der Waals surface area contributed by atoms with Crippen molar-refractivity contribution >= 4 is 5.69 Å². The van der Waals surface area contributed by atoms with Gasteiger partial charge in [0.2, 0.25) is 0 Å². The second-order valence-electron chi connectivity index (χ2n) is 4.02. The number of hydrogen-bond donors (Lipinski definition) is 1. The average molecular weight is 206 g/mol. The van der Waals surface area contributed by atoms with E-state index < -0.39 is 0 Å². The summed E-state index contributed by atoms with van der Waals surface area (Å²) in [5.41, 5.74) is 7.95. The van der Waals surface area contributed by atoms with E-state index in [1.54, 1.807) is 0 Å². The molecule has 0 bridgehead atoms. The van der Waals surface area contributed by atoms with Gasteiger partial charge < -0.3 is 10.6 Å². The first-order valence-corrected chi connectivity index (χ1v) is 5.75.